The minimum Gasteiger partial charge on any atom is -0.455 e. The number of para-hydroxylation sites is 3. The van der Waals surface area contributed by atoms with Crippen LogP contribution in [0.4, 0.5) is 5.69 Å². The van der Waals surface area contributed by atoms with Gasteiger partial charge in [0, 0.05) is 6.42 Å². The van der Waals surface area contributed by atoms with Gasteiger partial charge < -0.3 is 15.4 Å². The Hall–Kier alpha value is -2.82. The van der Waals surface area contributed by atoms with Crippen molar-refractivity contribution >= 4 is 17.5 Å². The molecular formula is C18H20N2O3. The van der Waals surface area contributed by atoms with Crippen LogP contribution < -0.4 is 15.4 Å². The van der Waals surface area contributed by atoms with Gasteiger partial charge in [-0.05, 0) is 30.7 Å². The molecule has 0 atom stereocenters. The topological polar surface area (TPSA) is 67.4 Å². The minimum atomic E-state index is -0.293. The summed E-state index contributed by atoms with van der Waals surface area (Å²) in [5, 5.41) is 5.33. The molecule has 2 N–H and O–H groups in total. The van der Waals surface area contributed by atoms with E-state index in [-0.39, 0.29) is 18.4 Å². The van der Waals surface area contributed by atoms with E-state index >= 15 is 0 Å². The average Bonchev–Trinajstić information content (AvgIpc) is 2.56. The Labute approximate surface area is 135 Å². The number of carbonyl (C=O) groups is 2. The van der Waals surface area contributed by atoms with Crippen molar-refractivity contribution in [3.63, 3.8) is 0 Å². The molecule has 2 amide bonds. The highest BCUT2D eigenvalue weighted by molar-refractivity contribution is 5.95. The summed E-state index contributed by atoms with van der Waals surface area (Å²) in [4.78, 5) is 23.3. The molecule has 0 aromatic heterocycles. The Morgan fingerprint density at radius 2 is 1.65 bits per heavy atom. The van der Waals surface area contributed by atoms with Gasteiger partial charge >= 0.3 is 0 Å². The van der Waals surface area contributed by atoms with Gasteiger partial charge in [0.2, 0.25) is 11.8 Å². The minimum absolute atomic E-state index is 0.0570. The number of hydrogen-bond acceptors (Lipinski definition) is 3. The first-order valence-electron chi connectivity index (χ1n) is 7.57. The summed E-state index contributed by atoms with van der Waals surface area (Å²) in [6.45, 7) is 1.86. The van der Waals surface area contributed by atoms with E-state index in [2.05, 4.69) is 10.6 Å². The number of benzene rings is 2. The van der Waals surface area contributed by atoms with Crippen molar-refractivity contribution in [2.24, 2.45) is 0 Å². The maximum absolute atomic E-state index is 11.9. The lowest BCUT2D eigenvalue weighted by atomic mass is 10.2. The third kappa shape index (κ3) is 5.47. The van der Waals surface area contributed by atoms with Crippen LogP contribution in [-0.2, 0) is 9.59 Å². The van der Waals surface area contributed by atoms with E-state index in [1.165, 1.54) is 0 Å². The highest BCUT2D eigenvalue weighted by Gasteiger charge is 2.09. The Kier molecular flexibility index (Phi) is 6.17. The fraction of sp³-hybridized carbons (Fsp3) is 0.222. The molecule has 0 heterocycles. The van der Waals surface area contributed by atoms with Gasteiger partial charge in [-0.2, -0.15) is 0 Å². The van der Waals surface area contributed by atoms with Crippen molar-refractivity contribution in [2.45, 2.75) is 19.8 Å². The van der Waals surface area contributed by atoms with Gasteiger partial charge in [0.1, 0.15) is 5.75 Å². The molecule has 0 unspecified atom stereocenters. The summed E-state index contributed by atoms with van der Waals surface area (Å²) < 4.78 is 5.77. The van der Waals surface area contributed by atoms with Crippen molar-refractivity contribution in [2.75, 3.05) is 11.9 Å². The van der Waals surface area contributed by atoms with Crippen molar-refractivity contribution in [1.29, 1.82) is 0 Å². The van der Waals surface area contributed by atoms with E-state index in [0.717, 1.165) is 6.42 Å². The summed E-state index contributed by atoms with van der Waals surface area (Å²) >= 11 is 0. The summed E-state index contributed by atoms with van der Waals surface area (Å²) in [5.74, 6) is 0.812. The van der Waals surface area contributed by atoms with Crippen molar-refractivity contribution in [1.82, 2.24) is 5.32 Å². The molecule has 0 aliphatic carbocycles. The molecule has 0 saturated heterocycles. The fourth-order valence-electron chi connectivity index (χ4n) is 1.96. The van der Waals surface area contributed by atoms with Crippen LogP contribution in [0, 0.1) is 0 Å². The molecule has 0 saturated carbocycles. The summed E-state index contributed by atoms with van der Waals surface area (Å²) in [5.41, 5.74) is 0.561. The molecule has 2 aromatic rings. The number of amides is 2. The van der Waals surface area contributed by atoms with Crippen LogP contribution in [0.3, 0.4) is 0 Å². The zero-order valence-corrected chi connectivity index (χ0v) is 13.0. The average molecular weight is 312 g/mol. The molecule has 23 heavy (non-hydrogen) atoms. The normalized spacial score (nSPS) is 9.96. The van der Waals surface area contributed by atoms with Gasteiger partial charge in [-0.25, -0.2) is 0 Å². The number of carbonyl (C=O) groups excluding carboxylic acids is 2. The maximum atomic E-state index is 11.9. The molecule has 0 bridgehead atoms. The van der Waals surface area contributed by atoms with Gasteiger partial charge in [-0.15, -0.1) is 0 Å². The number of hydrogen-bond donors (Lipinski definition) is 2. The van der Waals surface area contributed by atoms with Crippen molar-refractivity contribution in [3.8, 4) is 11.5 Å². The largest absolute Gasteiger partial charge is 0.455 e. The van der Waals surface area contributed by atoms with Crippen LogP contribution in [0.15, 0.2) is 54.6 Å². The predicted octanol–water partition coefficient (Wildman–Crippen LogP) is 3.33. The van der Waals surface area contributed by atoms with Gasteiger partial charge in [0.15, 0.2) is 5.75 Å². The van der Waals surface area contributed by atoms with E-state index in [1.54, 1.807) is 12.1 Å². The predicted molar refractivity (Wildman–Crippen MR) is 89.5 cm³/mol. The van der Waals surface area contributed by atoms with Crippen LogP contribution in [0.1, 0.15) is 19.8 Å². The molecule has 0 fully saturated rings. The first-order chi connectivity index (χ1) is 11.2. The molecule has 0 aliphatic heterocycles. The van der Waals surface area contributed by atoms with Gasteiger partial charge in [0.25, 0.3) is 0 Å². The van der Waals surface area contributed by atoms with Gasteiger partial charge in [0.05, 0.1) is 12.2 Å². The summed E-state index contributed by atoms with van der Waals surface area (Å²) in [7, 11) is 0. The maximum Gasteiger partial charge on any atom is 0.243 e. The monoisotopic (exact) mass is 312 g/mol. The van der Waals surface area contributed by atoms with Crippen LogP contribution >= 0.6 is 0 Å². The summed E-state index contributed by atoms with van der Waals surface area (Å²) in [6, 6.07) is 16.5. The molecule has 2 aromatic carbocycles. The second-order valence-corrected chi connectivity index (χ2v) is 4.99. The fourth-order valence-corrected chi connectivity index (χ4v) is 1.96. The van der Waals surface area contributed by atoms with Crippen LogP contribution in [0.2, 0.25) is 0 Å². The molecular weight excluding hydrogens is 292 g/mol. The van der Waals surface area contributed by atoms with Crippen LogP contribution in [0.5, 0.6) is 11.5 Å². The van der Waals surface area contributed by atoms with E-state index in [4.69, 9.17) is 4.74 Å². The first-order valence-corrected chi connectivity index (χ1v) is 7.57. The summed E-state index contributed by atoms with van der Waals surface area (Å²) in [6.07, 6.45) is 1.17. The Balaban J connectivity index is 1.97. The van der Waals surface area contributed by atoms with Crippen LogP contribution in [0.25, 0.3) is 0 Å². The molecule has 0 spiro atoms. The Morgan fingerprint density at radius 1 is 0.957 bits per heavy atom. The zero-order valence-electron chi connectivity index (χ0n) is 13.0. The second-order valence-electron chi connectivity index (χ2n) is 4.99. The highest BCUT2D eigenvalue weighted by Crippen LogP contribution is 2.28. The number of ether oxygens (including phenoxy) is 1. The quantitative estimate of drug-likeness (QED) is 0.824. The van der Waals surface area contributed by atoms with Gasteiger partial charge in [-0.1, -0.05) is 37.3 Å². The van der Waals surface area contributed by atoms with E-state index in [9.17, 15) is 9.59 Å². The number of rotatable bonds is 7. The van der Waals surface area contributed by atoms with Crippen LogP contribution in [-0.4, -0.2) is 18.4 Å². The van der Waals surface area contributed by atoms with Crippen molar-refractivity contribution < 1.29 is 14.3 Å². The van der Waals surface area contributed by atoms with E-state index in [0.29, 0.717) is 23.6 Å². The smallest absolute Gasteiger partial charge is 0.243 e. The molecule has 5 nitrogen and oxygen atoms in total. The lowest BCUT2D eigenvalue weighted by Gasteiger charge is -2.12. The second kappa shape index (κ2) is 8.58. The lowest BCUT2D eigenvalue weighted by Crippen LogP contribution is -2.32. The molecule has 2 rings (SSSR count). The Bertz CT molecular complexity index is 656. The zero-order chi connectivity index (χ0) is 16.5. The standard InChI is InChI=1S/C18H20N2O3/c1-2-8-17(21)19-13-18(22)20-15-11-6-7-12-16(15)23-14-9-4-3-5-10-14/h3-7,9-12H,2,8,13H2,1H3,(H,19,21)(H,20,22). The number of anilines is 1. The number of nitrogens with one attached hydrogen (secondary N) is 2. The van der Waals surface area contributed by atoms with E-state index < -0.39 is 0 Å². The van der Waals surface area contributed by atoms with Gasteiger partial charge in [-0.3, -0.25) is 9.59 Å². The lowest BCUT2D eigenvalue weighted by molar-refractivity contribution is -0.124. The highest BCUT2D eigenvalue weighted by atomic mass is 16.5. The molecule has 120 valence electrons. The van der Waals surface area contributed by atoms with Crippen molar-refractivity contribution in [3.05, 3.63) is 54.6 Å². The molecule has 0 radical (unpaired) electrons. The third-order valence-electron chi connectivity index (χ3n) is 3.06. The molecule has 5 heteroatoms. The third-order valence-corrected chi connectivity index (χ3v) is 3.06. The first kappa shape index (κ1) is 16.5. The van der Waals surface area contributed by atoms with E-state index in [1.807, 2.05) is 49.4 Å². The Morgan fingerprint density at radius 3 is 2.39 bits per heavy atom. The SMILES string of the molecule is CCCC(=O)NCC(=O)Nc1ccccc1Oc1ccccc1. The molecule has 0 aliphatic rings.